The van der Waals surface area contributed by atoms with E-state index in [0.717, 1.165) is 26.1 Å². The van der Waals surface area contributed by atoms with E-state index in [9.17, 15) is 4.79 Å². The second-order valence-corrected chi connectivity index (χ2v) is 4.94. The summed E-state index contributed by atoms with van der Waals surface area (Å²) < 4.78 is 0. The minimum Gasteiger partial charge on any atom is -0.355 e. The van der Waals surface area contributed by atoms with E-state index in [2.05, 4.69) is 22.5 Å². The molecule has 2 N–H and O–H groups in total. The van der Waals surface area contributed by atoms with E-state index in [1.165, 1.54) is 25.8 Å². The quantitative estimate of drug-likeness (QED) is 0.653. The third kappa shape index (κ3) is 6.03. The molecule has 0 aliphatic carbocycles. The summed E-state index contributed by atoms with van der Waals surface area (Å²) in [7, 11) is 1.91. The molecule has 1 amide bonds. The normalized spacial score (nSPS) is 21.4. The zero-order valence-electron chi connectivity index (χ0n) is 11.3. The maximum atomic E-state index is 11.5. The predicted molar refractivity (Wildman–Crippen MR) is 71.1 cm³/mol. The molecule has 1 rings (SSSR count). The number of piperidine rings is 1. The van der Waals surface area contributed by atoms with Gasteiger partial charge >= 0.3 is 0 Å². The number of carbonyl (C=O) groups excluding carboxylic acids is 1. The van der Waals surface area contributed by atoms with Gasteiger partial charge in [0.2, 0.25) is 5.91 Å². The van der Waals surface area contributed by atoms with Crippen molar-refractivity contribution in [2.24, 2.45) is 0 Å². The SMILES string of the molecule is CNCCCC(=O)NCCN1CCCCC1C. The molecule has 0 aromatic heterocycles. The first kappa shape index (κ1) is 14.5. The zero-order valence-corrected chi connectivity index (χ0v) is 11.3. The Labute approximate surface area is 105 Å². The molecule has 0 radical (unpaired) electrons. The van der Waals surface area contributed by atoms with Gasteiger partial charge in [0.25, 0.3) is 0 Å². The lowest BCUT2D eigenvalue weighted by atomic mass is 10.0. The summed E-state index contributed by atoms with van der Waals surface area (Å²) >= 11 is 0. The highest BCUT2D eigenvalue weighted by molar-refractivity contribution is 5.75. The predicted octanol–water partition coefficient (Wildman–Crippen LogP) is 0.977. The third-order valence-electron chi connectivity index (χ3n) is 3.49. The number of nitrogens with zero attached hydrogens (tertiary/aromatic N) is 1. The summed E-state index contributed by atoms with van der Waals surface area (Å²) in [6, 6.07) is 0.685. The second-order valence-electron chi connectivity index (χ2n) is 4.94. The maximum Gasteiger partial charge on any atom is 0.220 e. The van der Waals surface area contributed by atoms with Crippen molar-refractivity contribution in [2.45, 2.75) is 45.1 Å². The topological polar surface area (TPSA) is 44.4 Å². The van der Waals surface area contributed by atoms with Crippen LogP contribution in [0.5, 0.6) is 0 Å². The molecule has 17 heavy (non-hydrogen) atoms. The Morgan fingerprint density at radius 1 is 1.35 bits per heavy atom. The highest BCUT2D eigenvalue weighted by Crippen LogP contribution is 2.15. The first-order valence-electron chi connectivity index (χ1n) is 6.89. The lowest BCUT2D eigenvalue weighted by molar-refractivity contribution is -0.121. The fraction of sp³-hybridized carbons (Fsp3) is 0.923. The molecular formula is C13H27N3O. The van der Waals surface area contributed by atoms with Gasteiger partial charge in [-0.1, -0.05) is 6.42 Å². The van der Waals surface area contributed by atoms with E-state index in [0.29, 0.717) is 12.5 Å². The standard InChI is InChI=1S/C13H27N3O/c1-12-6-3-4-10-16(12)11-9-15-13(17)7-5-8-14-2/h12,14H,3-11H2,1-2H3,(H,15,17). The Hall–Kier alpha value is -0.610. The fourth-order valence-corrected chi connectivity index (χ4v) is 2.34. The van der Waals surface area contributed by atoms with Gasteiger partial charge in [-0.15, -0.1) is 0 Å². The zero-order chi connectivity index (χ0) is 12.5. The van der Waals surface area contributed by atoms with Gasteiger partial charge in [-0.05, 0) is 46.3 Å². The van der Waals surface area contributed by atoms with Crippen LogP contribution in [0.15, 0.2) is 0 Å². The molecule has 4 heteroatoms. The largest absolute Gasteiger partial charge is 0.355 e. The van der Waals surface area contributed by atoms with E-state index < -0.39 is 0 Å². The molecule has 4 nitrogen and oxygen atoms in total. The molecule has 1 heterocycles. The second kappa shape index (κ2) is 8.48. The van der Waals surface area contributed by atoms with Gasteiger partial charge in [-0.3, -0.25) is 9.69 Å². The van der Waals surface area contributed by atoms with Crippen LogP contribution >= 0.6 is 0 Å². The summed E-state index contributed by atoms with van der Waals surface area (Å²) in [6.45, 7) is 6.18. The molecule has 0 bridgehead atoms. The lowest BCUT2D eigenvalue weighted by Crippen LogP contribution is -2.42. The van der Waals surface area contributed by atoms with Crippen molar-refractivity contribution in [2.75, 3.05) is 33.2 Å². The van der Waals surface area contributed by atoms with Crippen LogP contribution < -0.4 is 10.6 Å². The van der Waals surface area contributed by atoms with Gasteiger partial charge in [0, 0.05) is 25.6 Å². The Morgan fingerprint density at radius 3 is 2.88 bits per heavy atom. The number of nitrogens with one attached hydrogen (secondary N) is 2. The Bertz CT molecular complexity index is 221. The molecule has 1 unspecified atom stereocenters. The first-order chi connectivity index (χ1) is 8.24. The molecule has 0 spiro atoms. The van der Waals surface area contributed by atoms with Crippen LogP contribution in [0, 0.1) is 0 Å². The monoisotopic (exact) mass is 241 g/mol. The number of hydrogen-bond donors (Lipinski definition) is 2. The molecule has 0 saturated carbocycles. The molecule has 100 valence electrons. The Balaban J connectivity index is 2.04. The summed E-state index contributed by atoms with van der Waals surface area (Å²) in [5.41, 5.74) is 0. The third-order valence-corrected chi connectivity index (χ3v) is 3.49. The van der Waals surface area contributed by atoms with Crippen molar-refractivity contribution in [1.29, 1.82) is 0 Å². The highest BCUT2D eigenvalue weighted by atomic mass is 16.1. The minimum absolute atomic E-state index is 0.185. The number of rotatable bonds is 7. The van der Waals surface area contributed by atoms with Gasteiger partial charge in [-0.2, -0.15) is 0 Å². The number of likely N-dealkylation sites (tertiary alicyclic amines) is 1. The smallest absolute Gasteiger partial charge is 0.220 e. The van der Waals surface area contributed by atoms with E-state index in [1.54, 1.807) is 0 Å². The lowest BCUT2D eigenvalue weighted by Gasteiger charge is -2.33. The molecule has 1 fully saturated rings. The van der Waals surface area contributed by atoms with Crippen LogP contribution in [0.1, 0.15) is 39.0 Å². The van der Waals surface area contributed by atoms with Crippen molar-refractivity contribution in [1.82, 2.24) is 15.5 Å². The fourth-order valence-electron chi connectivity index (χ4n) is 2.34. The summed E-state index contributed by atoms with van der Waals surface area (Å²) in [6.07, 6.45) is 5.52. The Morgan fingerprint density at radius 2 is 2.18 bits per heavy atom. The van der Waals surface area contributed by atoms with Gasteiger partial charge in [-0.25, -0.2) is 0 Å². The van der Waals surface area contributed by atoms with E-state index in [4.69, 9.17) is 0 Å². The Kier molecular flexibility index (Phi) is 7.21. The van der Waals surface area contributed by atoms with Crippen molar-refractivity contribution in [3.05, 3.63) is 0 Å². The van der Waals surface area contributed by atoms with Crippen LogP contribution in [0.3, 0.4) is 0 Å². The minimum atomic E-state index is 0.185. The average Bonchev–Trinajstić information content (AvgIpc) is 2.32. The molecule has 1 aliphatic heterocycles. The summed E-state index contributed by atoms with van der Waals surface area (Å²) in [5.74, 6) is 0.185. The van der Waals surface area contributed by atoms with Gasteiger partial charge < -0.3 is 10.6 Å². The molecule has 1 aliphatic rings. The van der Waals surface area contributed by atoms with Crippen LogP contribution in [-0.2, 0) is 4.79 Å². The van der Waals surface area contributed by atoms with Crippen LogP contribution in [0.25, 0.3) is 0 Å². The van der Waals surface area contributed by atoms with Crippen LogP contribution in [0.4, 0.5) is 0 Å². The molecule has 0 aromatic carbocycles. The summed E-state index contributed by atoms with van der Waals surface area (Å²) in [4.78, 5) is 14.0. The van der Waals surface area contributed by atoms with Gasteiger partial charge in [0.1, 0.15) is 0 Å². The van der Waals surface area contributed by atoms with Gasteiger partial charge in [0.05, 0.1) is 0 Å². The van der Waals surface area contributed by atoms with E-state index in [1.807, 2.05) is 7.05 Å². The highest BCUT2D eigenvalue weighted by Gasteiger charge is 2.17. The van der Waals surface area contributed by atoms with Crippen molar-refractivity contribution in [3.63, 3.8) is 0 Å². The van der Waals surface area contributed by atoms with Crippen molar-refractivity contribution in [3.8, 4) is 0 Å². The van der Waals surface area contributed by atoms with Crippen molar-refractivity contribution < 1.29 is 4.79 Å². The molecule has 0 aromatic rings. The van der Waals surface area contributed by atoms with Crippen molar-refractivity contribution >= 4 is 5.91 Å². The first-order valence-corrected chi connectivity index (χ1v) is 6.89. The number of hydrogen-bond acceptors (Lipinski definition) is 3. The number of carbonyl (C=O) groups is 1. The summed E-state index contributed by atoms with van der Waals surface area (Å²) in [5, 5.41) is 6.05. The van der Waals surface area contributed by atoms with E-state index in [-0.39, 0.29) is 5.91 Å². The average molecular weight is 241 g/mol. The van der Waals surface area contributed by atoms with Crippen LogP contribution in [-0.4, -0.2) is 50.1 Å². The molecular weight excluding hydrogens is 214 g/mol. The number of amides is 1. The maximum absolute atomic E-state index is 11.5. The van der Waals surface area contributed by atoms with E-state index >= 15 is 0 Å². The molecule has 1 saturated heterocycles. The van der Waals surface area contributed by atoms with Gasteiger partial charge in [0.15, 0.2) is 0 Å². The van der Waals surface area contributed by atoms with Crippen LogP contribution in [0.2, 0.25) is 0 Å². The molecule has 1 atom stereocenters.